The first kappa shape index (κ1) is 22.7. The van der Waals surface area contributed by atoms with Crippen molar-refractivity contribution in [3.63, 3.8) is 0 Å². The molecule has 2 aliphatic heterocycles. The van der Waals surface area contributed by atoms with Crippen molar-refractivity contribution in [2.24, 2.45) is 0 Å². The number of para-hydroxylation sites is 2. The first-order valence-corrected chi connectivity index (χ1v) is 11.4. The highest BCUT2D eigenvalue weighted by atomic mass is 16.5. The molecule has 0 aliphatic carbocycles. The molecule has 2 aromatic carbocycles. The smallest absolute Gasteiger partial charge is 0.161 e. The van der Waals surface area contributed by atoms with Crippen LogP contribution in [0.4, 0.5) is 5.69 Å². The summed E-state index contributed by atoms with van der Waals surface area (Å²) in [5, 5.41) is 0. The van der Waals surface area contributed by atoms with Gasteiger partial charge in [0, 0.05) is 52.4 Å². The molecule has 0 amide bonds. The Morgan fingerprint density at radius 2 is 1.56 bits per heavy atom. The summed E-state index contributed by atoms with van der Waals surface area (Å²) in [6, 6.07) is 14.4. The summed E-state index contributed by atoms with van der Waals surface area (Å²) in [7, 11) is 5.09. The zero-order chi connectivity index (χ0) is 22.3. The Labute approximate surface area is 191 Å². The standard InChI is InChI=1S/C25H35N3O4/c1-29-23-7-5-4-6-22(23)28-12-10-26(11-13-28)18-21-19-27(14-15-32-21)17-20-8-9-24(30-2)25(16-20)31-3/h4-9,16,21H,10-15,17-19H2,1-3H3. The largest absolute Gasteiger partial charge is 0.495 e. The summed E-state index contributed by atoms with van der Waals surface area (Å²) in [5.41, 5.74) is 2.42. The minimum Gasteiger partial charge on any atom is -0.495 e. The second-order valence-corrected chi connectivity index (χ2v) is 8.38. The van der Waals surface area contributed by atoms with Crippen molar-refractivity contribution in [3.8, 4) is 17.2 Å². The van der Waals surface area contributed by atoms with Crippen molar-refractivity contribution in [2.45, 2.75) is 12.6 Å². The van der Waals surface area contributed by atoms with Crippen LogP contribution >= 0.6 is 0 Å². The van der Waals surface area contributed by atoms with Crippen molar-refractivity contribution in [1.29, 1.82) is 0 Å². The second-order valence-electron chi connectivity index (χ2n) is 8.38. The lowest BCUT2D eigenvalue weighted by Crippen LogP contribution is -2.52. The minimum absolute atomic E-state index is 0.238. The van der Waals surface area contributed by atoms with Gasteiger partial charge in [0.2, 0.25) is 0 Å². The normalized spacial score (nSPS) is 20.2. The molecule has 4 rings (SSSR count). The quantitative estimate of drug-likeness (QED) is 0.624. The Bertz CT molecular complexity index is 870. The first-order chi connectivity index (χ1) is 15.7. The summed E-state index contributed by atoms with van der Waals surface area (Å²) < 4.78 is 22.5. The Hall–Kier alpha value is -2.48. The lowest BCUT2D eigenvalue weighted by molar-refractivity contribution is -0.0463. The van der Waals surface area contributed by atoms with E-state index in [0.29, 0.717) is 0 Å². The van der Waals surface area contributed by atoms with Gasteiger partial charge in [0.05, 0.1) is 39.7 Å². The topological polar surface area (TPSA) is 46.6 Å². The molecule has 2 fully saturated rings. The maximum absolute atomic E-state index is 6.12. The number of piperazine rings is 1. The molecule has 0 bridgehead atoms. The fourth-order valence-corrected chi connectivity index (χ4v) is 4.62. The predicted octanol–water partition coefficient (Wildman–Crippen LogP) is 2.74. The predicted molar refractivity (Wildman–Crippen MR) is 126 cm³/mol. The number of benzene rings is 2. The highest BCUT2D eigenvalue weighted by molar-refractivity contribution is 5.58. The summed E-state index contributed by atoms with van der Waals surface area (Å²) in [6.45, 7) is 8.61. The molecule has 0 radical (unpaired) electrons. The Balaban J connectivity index is 1.28. The number of anilines is 1. The van der Waals surface area contributed by atoms with E-state index < -0.39 is 0 Å². The van der Waals surface area contributed by atoms with Crippen LogP contribution in [0.25, 0.3) is 0 Å². The van der Waals surface area contributed by atoms with E-state index >= 15 is 0 Å². The van der Waals surface area contributed by atoms with Gasteiger partial charge in [0.25, 0.3) is 0 Å². The van der Waals surface area contributed by atoms with Gasteiger partial charge in [-0.05, 0) is 29.8 Å². The molecule has 0 spiro atoms. The summed E-state index contributed by atoms with van der Waals surface area (Å²) in [5.74, 6) is 2.49. The molecule has 32 heavy (non-hydrogen) atoms. The molecule has 7 heteroatoms. The Morgan fingerprint density at radius 1 is 0.812 bits per heavy atom. The van der Waals surface area contributed by atoms with Gasteiger partial charge in [-0.25, -0.2) is 0 Å². The first-order valence-electron chi connectivity index (χ1n) is 11.4. The van der Waals surface area contributed by atoms with Crippen LogP contribution in [-0.4, -0.2) is 89.7 Å². The van der Waals surface area contributed by atoms with Gasteiger partial charge in [0.1, 0.15) is 5.75 Å². The molecule has 2 aliphatic rings. The lowest BCUT2D eigenvalue weighted by atomic mass is 10.1. The molecule has 1 atom stereocenters. The van der Waals surface area contributed by atoms with E-state index in [1.54, 1.807) is 21.3 Å². The van der Waals surface area contributed by atoms with Gasteiger partial charge in [-0.15, -0.1) is 0 Å². The highest BCUT2D eigenvalue weighted by Crippen LogP contribution is 2.29. The third kappa shape index (κ3) is 5.46. The maximum atomic E-state index is 6.12. The van der Waals surface area contributed by atoms with Gasteiger partial charge in [-0.1, -0.05) is 18.2 Å². The van der Waals surface area contributed by atoms with E-state index in [2.05, 4.69) is 39.0 Å². The van der Waals surface area contributed by atoms with Crippen LogP contribution in [0.2, 0.25) is 0 Å². The minimum atomic E-state index is 0.238. The van der Waals surface area contributed by atoms with Crippen molar-refractivity contribution < 1.29 is 18.9 Å². The highest BCUT2D eigenvalue weighted by Gasteiger charge is 2.26. The second kappa shape index (κ2) is 10.9. The van der Waals surface area contributed by atoms with E-state index in [-0.39, 0.29) is 6.10 Å². The number of ether oxygens (including phenoxy) is 4. The zero-order valence-corrected chi connectivity index (χ0v) is 19.5. The number of nitrogens with zero attached hydrogens (tertiary/aromatic N) is 3. The number of hydrogen-bond donors (Lipinski definition) is 0. The van der Waals surface area contributed by atoms with Gasteiger partial charge >= 0.3 is 0 Å². The molecular formula is C25H35N3O4. The molecule has 2 aromatic rings. The number of morpholine rings is 1. The average Bonchev–Trinajstić information content (AvgIpc) is 2.84. The summed E-state index contributed by atoms with van der Waals surface area (Å²) in [6.07, 6.45) is 0.238. The van der Waals surface area contributed by atoms with E-state index in [1.165, 1.54) is 11.3 Å². The molecule has 174 valence electrons. The third-order valence-corrected chi connectivity index (χ3v) is 6.34. The molecule has 2 saturated heterocycles. The van der Waals surface area contributed by atoms with E-state index in [9.17, 15) is 0 Å². The van der Waals surface area contributed by atoms with Crippen LogP contribution in [0.3, 0.4) is 0 Å². The van der Waals surface area contributed by atoms with E-state index in [0.717, 1.165) is 76.2 Å². The zero-order valence-electron chi connectivity index (χ0n) is 19.5. The van der Waals surface area contributed by atoms with Crippen LogP contribution in [-0.2, 0) is 11.3 Å². The fraction of sp³-hybridized carbons (Fsp3) is 0.520. The van der Waals surface area contributed by atoms with Gasteiger partial charge in [0.15, 0.2) is 11.5 Å². The molecular weight excluding hydrogens is 406 g/mol. The number of methoxy groups -OCH3 is 3. The van der Waals surface area contributed by atoms with E-state index in [4.69, 9.17) is 18.9 Å². The summed E-state index contributed by atoms with van der Waals surface area (Å²) in [4.78, 5) is 7.41. The molecule has 0 saturated carbocycles. The number of rotatable bonds is 8. The molecule has 2 heterocycles. The Kier molecular flexibility index (Phi) is 7.73. The molecule has 1 unspecified atom stereocenters. The van der Waals surface area contributed by atoms with Gasteiger partial charge in [-0.3, -0.25) is 9.80 Å². The lowest BCUT2D eigenvalue weighted by Gasteiger charge is -2.40. The monoisotopic (exact) mass is 441 g/mol. The summed E-state index contributed by atoms with van der Waals surface area (Å²) >= 11 is 0. The number of hydrogen-bond acceptors (Lipinski definition) is 7. The van der Waals surface area contributed by atoms with Crippen LogP contribution < -0.4 is 19.1 Å². The molecule has 0 N–H and O–H groups in total. The Morgan fingerprint density at radius 3 is 2.31 bits per heavy atom. The van der Waals surface area contributed by atoms with Crippen molar-refractivity contribution in [2.75, 3.05) is 78.6 Å². The van der Waals surface area contributed by atoms with Crippen molar-refractivity contribution in [3.05, 3.63) is 48.0 Å². The average molecular weight is 442 g/mol. The van der Waals surface area contributed by atoms with E-state index in [1.807, 2.05) is 18.2 Å². The SMILES string of the molecule is COc1ccc(CN2CCOC(CN3CCN(c4ccccc4OC)CC3)C2)cc1OC. The van der Waals surface area contributed by atoms with Crippen LogP contribution in [0.1, 0.15) is 5.56 Å². The fourth-order valence-electron chi connectivity index (χ4n) is 4.62. The van der Waals surface area contributed by atoms with Crippen molar-refractivity contribution >= 4 is 5.69 Å². The van der Waals surface area contributed by atoms with Crippen LogP contribution in [0.5, 0.6) is 17.2 Å². The maximum Gasteiger partial charge on any atom is 0.161 e. The third-order valence-electron chi connectivity index (χ3n) is 6.34. The molecule has 7 nitrogen and oxygen atoms in total. The van der Waals surface area contributed by atoms with Crippen LogP contribution in [0, 0.1) is 0 Å². The van der Waals surface area contributed by atoms with Crippen LogP contribution in [0.15, 0.2) is 42.5 Å². The molecule has 0 aromatic heterocycles. The van der Waals surface area contributed by atoms with Gasteiger partial charge in [-0.2, -0.15) is 0 Å². The van der Waals surface area contributed by atoms with Gasteiger partial charge < -0.3 is 23.8 Å². The van der Waals surface area contributed by atoms with Crippen molar-refractivity contribution in [1.82, 2.24) is 9.80 Å².